The van der Waals surface area contributed by atoms with Gasteiger partial charge in [-0.05, 0) is 31.2 Å². The number of nitrogens with zero attached hydrogens (tertiary/aromatic N) is 2. The van der Waals surface area contributed by atoms with E-state index in [1.165, 1.54) is 29.9 Å². The Morgan fingerprint density at radius 2 is 2.00 bits per heavy atom. The lowest BCUT2D eigenvalue weighted by molar-refractivity contribution is 0.0935. The molecule has 0 radical (unpaired) electrons. The van der Waals surface area contributed by atoms with Crippen molar-refractivity contribution in [1.29, 1.82) is 0 Å². The Labute approximate surface area is 142 Å². The fraction of sp³-hybridized carbons (Fsp3) is 0.0625. The second-order valence-electron chi connectivity index (χ2n) is 4.91. The minimum absolute atomic E-state index is 0.185. The number of anilines is 2. The predicted octanol–water partition coefficient (Wildman–Crippen LogP) is 2.87. The first-order valence-electron chi connectivity index (χ1n) is 7.08. The molecule has 3 rings (SSSR count). The molecule has 0 unspecified atom stereocenters. The van der Waals surface area contributed by atoms with Crippen LogP contribution in [-0.4, -0.2) is 15.9 Å². The summed E-state index contributed by atoms with van der Waals surface area (Å²) in [5.41, 5.74) is 12.8. The molecular formula is C16H15N5O2S. The van der Waals surface area contributed by atoms with Gasteiger partial charge in [-0.2, -0.15) is 0 Å². The van der Waals surface area contributed by atoms with E-state index in [1.54, 1.807) is 12.1 Å². The average Bonchev–Trinajstić information content (AvgIpc) is 3.12. The maximum absolute atomic E-state index is 11.8. The number of carbonyl (C=O) groups excluding carboxylic acids is 1. The molecule has 2 heterocycles. The van der Waals surface area contributed by atoms with Crippen LogP contribution in [-0.2, 0) is 0 Å². The van der Waals surface area contributed by atoms with Gasteiger partial charge in [-0.25, -0.2) is 9.97 Å². The topological polar surface area (TPSA) is 106 Å². The summed E-state index contributed by atoms with van der Waals surface area (Å²) in [4.78, 5) is 21.1. The summed E-state index contributed by atoms with van der Waals surface area (Å²) in [6, 6.07) is 11.2. The van der Waals surface area contributed by atoms with Crippen molar-refractivity contribution in [2.75, 3.05) is 11.2 Å². The van der Waals surface area contributed by atoms with Crippen LogP contribution in [0.25, 0.3) is 0 Å². The summed E-state index contributed by atoms with van der Waals surface area (Å²) in [7, 11) is 0. The Hall–Kier alpha value is -3.00. The number of amides is 1. The normalized spacial score (nSPS) is 10.4. The van der Waals surface area contributed by atoms with Gasteiger partial charge in [0.15, 0.2) is 11.6 Å². The Bertz CT molecular complexity index is 834. The summed E-state index contributed by atoms with van der Waals surface area (Å²) in [5.74, 6) is 0.0784. The van der Waals surface area contributed by atoms with Crippen LogP contribution in [0.4, 0.5) is 11.5 Å². The van der Waals surface area contributed by atoms with E-state index >= 15 is 0 Å². The molecule has 1 amide bonds. The van der Waals surface area contributed by atoms with Gasteiger partial charge in [0, 0.05) is 4.90 Å². The number of hydrazine groups is 1. The molecule has 122 valence electrons. The van der Waals surface area contributed by atoms with E-state index in [9.17, 15) is 4.79 Å². The molecule has 1 aromatic carbocycles. The van der Waals surface area contributed by atoms with Gasteiger partial charge in [0.05, 0.1) is 6.26 Å². The number of furan rings is 1. The van der Waals surface area contributed by atoms with Crippen molar-refractivity contribution < 1.29 is 9.21 Å². The van der Waals surface area contributed by atoms with Crippen LogP contribution in [0, 0.1) is 6.92 Å². The maximum Gasteiger partial charge on any atom is 0.305 e. The lowest BCUT2D eigenvalue weighted by atomic mass is 10.2. The molecule has 7 nitrogen and oxygen atoms in total. The molecule has 0 saturated heterocycles. The fourth-order valence-electron chi connectivity index (χ4n) is 1.86. The van der Waals surface area contributed by atoms with Gasteiger partial charge in [0.2, 0.25) is 0 Å². The Kier molecular flexibility index (Phi) is 4.66. The van der Waals surface area contributed by atoms with Crippen LogP contribution < -0.4 is 16.6 Å². The quantitative estimate of drug-likeness (QED) is 0.484. The molecule has 3 aromatic rings. The zero-order chi connectivity index (χ0) is 16.9. The van der Waals surface area contributed by atoms with Crippen LogP contribution in [0.3, 0.4) is 0 Å². The van der Waals surface area contributed by atoms with Crippen molar-refractivity contribution in [3.8, 4) is 0 Å². The first-order valence-corrected chi connectivity index (χ1v) is 7.90. The lowest BCUT2D eigenvalue weighted by Gasteiger charge is -2.11. The highest BCUT2D eigenvalue weighted by Crippen LogP contribution is 2.32. The second kappa shape index (κ2) is 7.05. The molecule has 8 heteroatoms. The highest BCUT2D eigenvalue weighted by Gasteiger charge is 2.12. The zero-order valence-corrected chi connectivity index (χ0v) is 13.6. The van der Waals surface area contributed by atoms with Crippen LogP contribution >= 0.6 is 11.8 Å². The number of hydrogen-bond acceptors (Lipinski definition) is 7. The third kappa shape index (κ3) is 3.66. The van der Waals surface area contributed by atoms with Gasteiger partial charge in [-0.1, -0.05) is 29.5 Å². The molecular weight excluding hydrogens is 326 g/mol. The van der Waals surface area contributed by atoms with Gasteiger partial charge >= 0.3 is 5.91 Å². The number of nitrogen functional groups attached to an aromatic ring is 1. The number of nitrogens with two attached hydrogens (primary N) is 1. The van der Waals surface area contributed by atoms with Gasteiger partial charge < -0.3 is 10.2 Å². The van der Waals surface area contributed by atoms with Gasteiger partial charge in [-0.15, -0.1) is 0 Å². The molecule has 0 fully saturated rings. The van der Waals surface area contributed by atoms with E-state index in [0.29, 0.717) is 16.5 Å². The standard InChI is InChI=1S/C16H15N5O2S/c1-10-4-6-11(7-5-10)24-16-13(17)14(18-9-19-16)20-21-15(22)12-3-2-8-23-12/h2-9H,17H2,1H3,(H,21,22)(H,18,19,20). The molecule has 0 aliphatic rings. The van der Waals surface area contributed by atoms with Crippen molar-refractivity contribution in [1.82, 2.24) is 15.4 Å². The van der Waals surface area contributed by atoms with Crippen LogP contribution in [0.15, 0.2) is 63.3 Å². The molecule has 0 aliphatic heterocycles. The first kappa shape index (κ1) is 15.9. The molecule has 0 saturated carbocycles. The average molecular weight is 341 g/mol. The Morgan fingerprint density at radius 1 is 1.21 bits per heavy atom. The highest BCUT2D eigenvalue weighted by atomic mass is 32.2. The molecule has 2 aromatic heterocycles. The first-order chi connectivity index (χ1) is 11.6. The van der Waals surface area contributed by atoms with Gasteiger partial charge in [-0.3, -0.25) is 15.6 Å². The van der Waals surface area contributed by atoms with Crippen LogP contribution in [0.2, 0.25) is 0 Å². The largest absolute Gasteiger partial charge is 0.459 e. The maximum atomic E-state index is 11.8. The van der Waals surface area contributed by atoms with Crippen molar-refractivity contribution in [3.05, 3.63) is 60.3 Å². The monoisotopic (exact) mass is 341 g/mol. The van der Waals surface area contributed by atoms with Crippen LogP contribution in [0.1, 0.15) is 16.1 Å². The van der Waals surface area contributed by atoms with Crippen molar-refractivity contribution >= 4 is 29.2 Å². The van der Waals surface area contributed by atoms with E-state index in [2.05, 4.69) is 20.8 Å². The SMILES string of the molecule is Cc1ccc(Sc2ncnc(NNC(=O)c3ccco3)c2N)cc1. The van der Waals surface area contributed by atoms with Crippen molar-refractivity contribution in [2.45, 2.75) is 16.8 Å². The number of rotatable bonds is 5. The summed E-state index contributed by atoms with van der Waals surface area (Å²) in [6.45, 7) is 2.03. The number of hydrogen-bond donors (Lipinski definition) is 3. The number of nitrogens with one attached hydrogen (secondary N) is 2. The van der Waals surface area contributed by atoms with Crippen molar-refractivity contribution in [3.63, 3.8) is 0 Å². The third-order valence-electron chi connectivity index (χ3n) is 3.12. The minimum Gasteiger partial charge on any atom is -0.459 e. The summed E-state index contributed by atoms with van der Waals surface area (Å²) in [6.07, 6.45) is 2.80. The summed E-state index contributed by atoms with van der Waals surface area (Å²) >= 11 is 1.42. The van der Waals surface area contributed by atoms with Gasteiger partial charge in [0.25, 0.3) is 0 Å². The van der Waals surface area contributed by atoms with Gasteiger partial charge in [0.1, 0.15) is 17.0 Å². The number of aromatic nitrogens is 2. The third-order valence-corrected chi connectivity index (χ3v) is 4.15. The van der Waals surface area contributed by atoms with E-state index < -0.39 is 5.91 Å². The number of carbonyl (C=O) groups is 1. The van der Waals surface area contributed by atoms with Crippen LogP contribution in [0.5, 0.6) is 0 Å². The van der Waals surface area contributed by atoms with E-state index in [0.717, 1.165) is 4.90 Å². The lowest BCUT2D eigenvalue weighted by Crippen LogP contribution is -2.30. The molecule has 24 heavy (non-hydrogen) atoms. The van der Waals surface area contributed by atoms with E-state index in [1.807, 2.05) is 31.2 Å². The molecule has 4 N–H and O–H groups in total. The molecule has 0 bridgehead atoms. The predicted molar refractivity (Wildman–Crippen MR) is 91.5 cm³/mol. The molecule has 0 spiro atoms. The number of benzene rings is 1. The Morgan fingerprint density at radius 3 is 2.71 bits per heavy atom. The van der Waals surface area contributed by atoms with E-state index in [-0.39, 0.29) is 5.76 Å². The fourth-order valence-corrected chi connectivity index (χ4v) is 2.67. The van der Waals surface area contributed by atoms with Crippen molar-refractivity contribution in [2.24, 2.45) is 0 Å². The second-order valence-corrected chi connectivity index (χ2v) is 5.97. The molecule has 0 aliphatic carbocycles. The summed E-state index contributed by atoms with van der Waals surface area (Å²) < 4.78 is 5.01. The zero-order valence-electron chi connectivity index (χ0n) is 12.8. The Balaban J connectivity index is 1.71. The summed E-state index contributed by atoms with van der Waals surface area (Å²) in [5, 5.41) is 0.601. The highest BCUT2D eigenvalue weighted by molar-refractivity contribution is 7.99. The number of aryl methyl sites for hydroxylation is 1. The van der Waals surface area contributed by atoms with E-state index in [4.69, 9.17) is 10.2 Å². The smallest absolute Gasteiger partial charge is 0.305 e. The minimum atomic E-state index is -0.425. The molecule has 0 atom stereocenters.